The highest BCUT2D eigenvalue weighted by Gasteiger charge is 2.51. The highest BCUT2D eigenvalue weighted by molar-refractivity contribution is 7.47. The number of hydrogen-bond donors (Lipinski definition) is 8. The van der Waals surface area contributed by atoms with E-state index in [9.17, 15) is 54.8 Å². The first-order chi connectivity index (χ1) is 31.2. The maximum atomic E-state index is 12.8. The van der Waals surface area contributed by atoms with Crippen LogP contribution in [0.2, 0.25) is 0 Å². The molecule has 16 heteroatoms. The quantitative estimate of drug-likeness (QED) is 0.0125. The topological polar surface area (TPSA) is 250 Å². The predicted octanol–water partition coefficient (Wildman–Crippen LogP) is 8.11. The Morgan fingerprint density at radius 1 is 0.538 bits per heavy atom. The van der Waals surface area contributed by atoms with Gasteiger partial charge in [0.2, 0.25) is 0 Å². The Morgan fingerprint density at radius 3 is 1.52 bits per heavy atom. The monoisotopic (exact) mass is 949 g/mol. The molecule has 8 N–H and O–H groups in total. The van der Waals surface area contributed by atoms with Crippen LogP contribution >= 0.6 is 7.82 Å². The van der Waals surface area contributed by atoms with Crippen LogP contribution < -0.4 is 0 Å². The van der Waals surface area contributed by atoms with Crippen molar-refractivity contribution >= 4 is 19.8 Å². The molecule has 15 nitrogen and oxygen atoms in total. The molecule has 1 aliphatic carbocycles. The van der Waals surface area contributed by atoms with Crippen LogP contribution in [0.25, 0.3) is 0 Å². The molecule has 0 radical (unpaired) electrons. The third-order valence-corrected chi connectivity index (χ3v) is 12.6. The molecular weight excluding hydrogens is 859 g/mol. The van der Waals surface area contributed by atoms with Gasteiger partial charge in [-0.05, 0) is 70.6 Å². The number of carbonyl (C=O) groups excluding carboxylic acids is 2. The van der Waals surface area contributed by atoms with Crippen LogP contribution in [0.4, 0.5) is 0 Å². The van der Waals surface area contributed by atoms with Crippen molar-refractivity contribution in [3.8, 4) is 0 Å². The van der Waals surface area contributed by atoms with E-state index in [2.05, 4.69) is 38.2 Å². The lowest BCUT2D eigenvalue weighted by atomic mass is 9.85. The third kappa shape index (κ3) is 30.9. The number of rotatable bonds is 41. The number of phosphoric ester groups is 1. The summed E-state index contributed by atoms with van der Waals surface area (Å²) in [6, 6.07) is 0. The van der Waals surface area contributed by atoms with Crippen LogP contribution in [-0.2, 0) is 32.7 Å². The number of hydrogen-bond acceptors (Lipinski definition) is 14. The van der Waals surface area contributed by atoms with Crippen molar-refractivity contribution in [2.24, 2.45) is 0 Å². The van der Waals surface area contributed by atoms with Gasteiger partial charge in [0.25, 0.3) is 0 Å². The van der Waals surface area contributed by atoms with Gasteiger partial charge in [0, 0.05) is 12.8 Å². The molecule has 0 aromatic carbocycles. The SMILES string of the molecule is CCCCC/C=C\C/C=C\CCCCCCCCCCCC(=O)OC[C@H](COP(=O)(O)OC1[C@H](O)[C@H](O)C(O)[C@H](O)[C@H]1O)OC(=O)CCCCCCC[C@H](O)[C@@H](O)C/C=C\CCCCC. The van der Waals surface area contributed by atoms with E-state index in [1.165, 1.54) is 57.8 Å². The van der Waals surface area contributed by atoms with Gasteiger partial charge in [0.05, 0.1) is 18.8 Å². The molecule has 1 rings (SSSR count). The van der Waals surface area contributed by atoms with Gasteiger partial charge < -0.3 is 50.1 Å². The Hall–Kier alpha value is -2.01. The van der Waals surface area contributed by atoms with E-state index in [-0.39, 0.29) is 12.8 Å². The fraction of sp³-hybridized carbons (Fsp3) is 0.837. The normalized spacial score (nSPS) is 22.7. The van der Waals surface area contributed by atoms with Gasteiger partial charge in [-0.1, -0.05) is 147 Å². The summed E-state index contributed by atoms with van der Waals surface area (Å²) in [5.41, 5.74) is 0. The van der Waals surface area contributed by atoms with Gasteiger partial charge in [-0.2, -0.15) is 0 Å². The maximum absolute atomic E-state index is 12.8. The fourth-order valence-corrected chi connectivity index (χ4v) is 8.43. The average molecular weight is 949 g/mol. The summed E-state index contributed by atoms with van der Waals surface area (Å²) in [6.45, 7) is 3.09. The Morgan fingerprint density at radius 2 is 0.985 bits per heavy atom. The maximum Gasteiger partial charge on any atom is 0.472 e. The molecule has 0 aromatic heterocycles. The zero-order valence-electron chi connectivity index (χ0n) is 39.8. The minimum atomic E-state index is -5.16. The van der Waals surface area contributed by atoms with Gasteiger partial charge in [-0.15, -0.1) is 0 Å². The second-order valence-corrected chi connectivity index (χ2v) is 19.0. The lowest BCUT2D eigenvalue weighted by Gasteiger charge is -2.41. The van der Waals surface area contributed by atoms with E-state index in [0.717, 1.165) is 70.6 Å². The minimum absolute atomic E-state index is 0.00304. The van der Waals surface area contributed by atoms with Crippen molar-refractivity contribution in [1.82, 2.24) is 0 Å². The molecule has 0 heterocycles. The minimum Gasteiger partial charge on any atom is -0.462 e. The summed E-state index contributed by atoms with van der Waals surface area (Å²) in [4.78, 5) is 35.8. The van der Waals surface area contributed by atoms with Gasteiger partial charge in [-0.25, -0.2) is 4.57 Å². The molecule has 0 aromatic rings. The molecule has 3 unspecified atom stereocenters. The van der Waals surface area contributed by atoms with Crippen molar-refractivity contribution in [1.29, 1.82) is 0 Å². The molecule has 0 amide bonds. The second kappa shape index (κ2) is 38.9. The van der Waals surface area contributed by atoms with Crippen LogP contribution in [0.1, 0.15) is 194 Å². The van der Waals surface area contributed by atoms with Crippen molar-refractivity contribution in [2.75, 3.05) is 13.2 Å². The first-order valence-corrected chi connectivity index (χ1v) is 26.5. The smallest absolute Gasteiger partial charge is 0.462 e. The van der Waals surface area contributed by atoms with E-state index in [4.69, 9.17) is 18.5 Å². The number of esters is 2. The zero-order valence-corrected chi connectivity index (χ0v) is 40.7. The van der Waals surface area contributed by atoms with Gasteiger partial charge in [0.15, 0.2) is 6.10 Å². The van der Waals surface area contributed by atoms with E-state index < -0.39 is 87.9 Å². The Balaban J connectivity index is 2.47. The number of aliphatic hydroxyl groups is 7. The molecule has 10 atom stereocenters. The lowest BCUT2D eigenvalue weighted by Crippen LogP contribution is -2.64. The van der Waals surface area contributed by atoms with Crippen molar-refractivity contribution in [3.05, 3.63) is 36.5 Å². The molecule has 1 aliphatic rings. The fourth-order valence-electron chi connectivity index (χ4n) is 7.46. The van der Waals surface area contributed by atoms with E-state index >= 15 is 0 Å². The van der Waals surface area contributed by atoms with Gasteiger partial charge >= 0.3 is 19.8 Å². The molecule has 1 saturated carbocycles. The Labute approximate surface area is 390 Å². The average Bonchev–Trinajstić information content (AvgIpc) is 3.28. The highest BCUT2D eigenvalue weighted by Crippen LogP contribution is 2.47. The number of unbranched alkanes of at least 4 members (excludes halogenated alkanes) is 19. The van der Waals surface area contributed by atoms with Crippen molar-refractivity contribution in [2.45, 2.75) is 249 Å². The third-order valence-electron chi connectivity index (χ3n) is 11.7. The van der Waals surface area contributed by atoms with Gasteiger partial charge in [0.1, 0.15) is 43.2 Å². The summed E-state index contributed by atoms with van der Waals surface area (Å²) >= 11 is 0. The Kier molecular flexibility index (Phi) is 36.5. The highest BCUT2D eigenvalue weighted by atomic mass is 31.2. The van der Waals surface area contributed by atoms with Crippen LogP contribution in [-0.4, -0.2) is 121 Å². The standard InChI is InChI=1S/C49H89O15P/c1-3-5-7-9-11-12-13-14-15-16-17-18-19-20-21-22-23-27-31-35-42(52)61-37-39(38-62-65(59,60)64-49-47(57)45(55)44(54)46(56)48(49)58)63-43(53)36-32-28-24-26-30-34-41(51)40(50)33-29-25-10-8-6-4-2/h11-12,14-15,25,29,39-41,44-51,54-58H,3-10,13,16-24,26-28,30-38H2,1-2H3,(H,59,60)/b12-11-,15-14-,29-25-/t39-,40+,41+,44?,45-,46+,47-,48-,49?/m1/s1. The van der Waals surface area contributed by atoms with Crippen molar-refractivity contribution in [3.63, 3.8) is 0 Å². The first-order valence-electron chi connectivity index (χ1n) is 25.0. The molecule has 0 spiro atoms. The number of phosphoric acid groups is 1. The summed E-state index contributed by atoms with van der Waals surface area (Å²) < 4.78 is 33.5. The number of aliphatic hydroxyl groups excluding tert-OH is 7. The molecule has 1 fully saturated rings. The van der Waals surface area contributed by atoms with Crippen LogP contribution in [0.3, 0.4) is 0 Å². The zero-order chi connectivity index (χ0) is 48.1. The van der Waals surface area contributed by atoms with Crippen LogP contribution in [0.5, 0.6) is 0 Å². The first kappa shape index (κ1) is 61.0. The summed E-state index contributed by atoms with van der Waals surface area (Å²) in [5, 5.41) is 70.7. The Bertz CT molecular complexity index is 1310. The molecule has 0 aliphatic heterocycles. The van der Waals surface area contributed by atoms with E-state index in [1.54, 1.807) is 0 Å². The largest absolute Gasteiger partial charge is 0.472 e. The number of ether oxygens (including phenoxy) is 2. The van der Waals surface area contributed by atoms with Gasteiger partial charge in [-0.3, -0.25) is 18.6 Å². The molecule has 65 heavy (non-hydrogen) atoms. The number of allylic oxidation sites excluding steroid dienone is 5. The van der Waals surface area contributed by atoms with Crippen LogP contribution in [0, 0.1) is 0 Å². The number of carbonyl (C=O) groups is 2. The summed E-state index contributed by atoms with van der Waals surface area (Å²) in [7, 11) is -5.16. The van der Waals surface area contributed by atoms with Crippen LogP contribution in [0.15, 0.2) is 36.5 Å². The van der Waals surface area contributed by atoms with E-state index in [1.807, 2.05) is 12.2 Å². The second-order valence-electron chi connectivity index (χ2n) is 17.6. The molecular formula is C49H89O15P. The van der Waals surface area contributed by atoms with E-state index in [0.29, 0.717) is 38.5 Å². The lowest BCUT2D eigenvalue weighted by molar-refractivity contribution is -0.220. The summed E-state index contributed by atoms with van der Waals surface area (Å²) in [6.07, 6.45) is 23.4. The predicted molar refractivity (Wildman–Crippen MR) is 252 cm³/mol. The van der Waals surface area contributed by atoms with Crippen molar-refractivity contribution < 1.29 is 73.3 Å². The molecule has 380 valence electrons. The summed E-state index contributed by atoms with van der Waals surface area (Å²) in [5.74, 6) is -1.21. The molecule has 0 saturated heterocycles. The molecule has 0 bridgehead atoms.